The Balaban J connectivity index is 1.86. The van der Waals surface area contributed by atoms with Gasteiger partial charge in [0.1, 0.15) is 0 Å². The second-order valence-corrected chi connectivity index (χ2v) is 7.41. The Morgan fingerprint density at radius 2 is 2.12 bits per heavy atom. The second-order valence-electron chi connectivity index (χ2n) is 7.41. The summed E-state index contributed by atoms with van der Waals surface area (Å²) in [6, 6.07) is 6.91. The quantitative estimate of drug-likeness (QED) is 0.585. The van der Waals surface area contributed by atoms with Crippen molar-refractivity contribution < 1.29 is 0 Å². The lowest BCUT2D eigenvalue weighted by molar-refractivity contribution is 0.346. The van der Waals surface area contributed by atoms with Crippen molar-refractivity contribution in [3.8, 4) is 0 Å². The molecule has 0 spiro atoms. The molecule has 2 heteroatoms. The van der Waals surface area contributed by atoms with Gasteiger partial charge in [0.05, 0.1) is 0 Å². The number of allylic oxidation sites excluding steroid dienone is 2. The number of nitrogens with zero attached hydrogens (tertiary/aromatic N) is 1. The number of fused-ring (bicyclic) bond motifs is 1. The van der Waals surface area contributed by atoms with Gasteiger partial charge >= 0.3 is 0 Å². The fraction of sp³-hybridized carbons (Fsp3) is 0.500. The van der Waals surface area contributed by atoms with Gasteiger partial charge in [0.2, 0.25) is 0 Å². The first-order valence-corrected chi connectivity index (χ1v) is 9.31. The fourth-order valence-corrected chi connectivity index (χ4v) is 4.01. The molecule has 1 unspecified atom stereocenters. The molecule has 3 rings (SSSR count). The normalized spacial score (nSPS) is 19.7. The molecule has 0 saturated heterocycles. The minimum Gasteiger partial charge on any atom is -0.312 e. The van der Waals surface area contributed by atoms with Crippen LogP contribution in [0.15, 0.2) is 35.4 Å². The molecule has 0 radical (unpaired) electrons. The number of hydrogen-bond donors (Lipinski definition) is 1. The first-order chi connectivity index (χ1) is 11.6. The van der Waals surface area contributed by atoms with E-state index in [9.17, 15) is 0 Å². The van der Waals surface area contributed by atoms with Crippen LogP contribution in [-0.4, -0.2) is 31.3 Å². The van der Waals surface area contributed by atoms with Crippen LogP contribution in [0.25, 0.3) is 5.57 Å². The summed E-state index contributed by atoms with van der Waals surface area (Å²) in [5.74, 6) is 0.265. The second kappa shape index (κ2) is 7.48. The van der Waals surface area contributed by atoms with Crippen molar-refractivity contribution in [1.82, 2.24) is 4.90 Å². The highest BCUT2D eigenvalue weighted by Crippen LogP contribution is 2.35. The van der Waals surface area contributed by atoms with Crippen molar-refractivity contribution in [1.29, 1.82) is 5.41 Å². The van der Waals surface area contributed by atoms with Gasteiger partial charge < -0.3 is 10.3 Å². The topological polar surface area (TPSA) is 27.1 Å². The number of benzene rings is 1. The van der Waals surface area contributed by atoms with Crippen molar-refractivity contribution in [2.75, 3.05) is 20.1 Å². The summed E-state index contributed by atoms with van der Waals surface area (Å²) in [5, 5.41) is 7.64. The predicted octanol–water partition coefficient (Wildman–Crippen LogP) is 5.20. The first kappa shape index (κ1) is 17.2. The van der Waals surface area contributed by atoms with Crippen molar-refractivity contribution in [3.05, 3.63) is 52.1 Å². The van der Waals surface area contributed by atoms with Gasteiger partial charge in [0, 0.05) is 25.2 Å². The molecule has 1 N–H and O–H groups in total. The van der Waals surface area contributed by atoms with Crippen LogP contribution >= 0.6 is 0 Å². The molecule has 1 aliphatic heterocycles. The number of aryl methyl sites for hydroxylation is 1. The van der Waals surface area contributed by atoms with Gasteiger partial charge in [-0.15, -0.1) is 0 Å². The van der Waals surface area contributed by atoms with Crippen LogP contribution in [0.4, 0.5) is 0 Å². The van der Waals surface area contributed by atoms with Crippen LogP contribution in [0, 0.1) is 5.41 Å². The summed E-state index contributed by atoms with van der Waals surface area (Å²) in [5.41, 5.74) is 8.94. The maximum absolute atomic E-state index is 7.64. The van der Waals surface area contributed by atoms with E-state index < -0.39 is 0 Å². The fourth-order valence-electron chi connectivity index (χ4n) is 4.01. The monoisotopic (exact) mass is 322 g/mol. The summed E-state index contributed by atoms with van der Waals surface area (Å²) in [7, 11) is 2.23. The van der Waals surface area contributed by atoms with Crippen LogP contribution in [0.1, 0.15) is 62.1 Å². The van der Waals surface area contributed by atoms with Gasteiger partial charge in [-0.05, 0) is 68.3 Å². The first-order valence-electron chi connectivity index (χ1n) is 9.31. The Hall–Kier alpha value is -1.67. The summed E-state index contributed by atoms with van der Waals surface area (Å²) in [6.07, 6.45) is 9.64. The lowest BCUT2D eigenvalue weighted by Crippen LogP contribution is -2.27. The zero-order valence-electron chi connectivity index (χ0n) is 15.4. The number of likely N-dealkylation sites (N-methyl/N-ethyl adjacent to an activating group) is 1. The molecule has 2 aliphatic rings. The van der Waals surface area contributed by atoms with E-state index in [2.05, 4.69) is 50.1 Å². The standard InChI is InChI=1S/C22H30N2/c1-4-17(14-23)18-8-9-22-19(12-18)6-5-7-20(22)13-21-15-24(3)11-10-16(21)2/h7-9,12,14,17,23H,4-6,10-11,13,15H2,1-3H3. The summed E-state index contributed by atoms with van der Waals surface area (Å²) in [6.45, 7) is 6.78. The van der Waals surface area contributed by atoms with Crippen LogP contribution in [0.5, 0.6) is 0 Å². The maximum Gasteiger partial charge on any atom is 0.0195 e. The molecule has 1 aromatic carbocycles. The van der Waals surface area contributed by atoms with Crippen LogP contribution in [0.2, 0.25) is 0 Å². The molecule has 2 nitrogen and oxygen atoms in total. The third-order valence-electron chi connectivity index (χ3n) is 5.69. The van der Waals surface area contributed by atoms with Gasteiger partial charge in [-0.25, -0.2) is 0 Å². The van der Waals surface area contributed by atoms with Gasteiger partial charge in [-0.2, -0.15) is 0 Å². The van der Waals surface area contributed by atoms with Gasteiger partial charge in [0.15, 0.2) is 0 Å². The Morgan fingerprint density at radius 1 is 1.29 bits per heavy atom. The summed E-state index contributed by atoms with van der Waals surface area (Å²) in [4.78, 5) is 2.44. The number of hydrogen-bond acceptors (Lipinski definition) is 2. The molecule has 1 atom stereocenters. The zero-order valence-corrected chi connectivity index (χ0v) is 15.4. The van der Waals surface area contributed by atoms with Crippen LogP contribution in [-0.2, 0) is 6.42 Å². The molecule has 1 aromatic rings. The Kier molecular flexibility index (Phi) is 5.35. The average Bonchev–Trinajstić information content (AvgIpc) is 2.59. The van der Waals surface area contributed by atoms with Crippen molar-refractivity contribution in [2.24, 2.45) is 0 Å². The smallest absolute Gasteiger partial charge is 0.0195 e. The SMILES string of the molecule is CCC(C=N)c1ccc2c(c1)CCC=C2CC1=C(C)CCN(C)C1. The number of rotatable bonds is 5. The lowest BCUT2D eigenvalue weighted by Gasteiger charge is -2.28. The minimum atomic E-state index is 0.265. The third-order valence-corrected chi connectivity index (χ3v) is 5.69. The highest BCUT2D eigenvalue weighted by molar-refractivity contribution is 5.73. The van der Waals surface area contributed by atoms with Crippen molar-refractivity contribution in [2.45, 2.75) is 51.9 Å². The van der Waals surface area contributed by atoms with E-state index in [4.69, 9.17) is 5.41 Å². The van der Waals surface area contributed by atoms with Crippen molar-refractivity contribution in [3.63, 3.8) is 0 Å². The molecule has 24 heavy (non-hydrogen) atoms. The third kappa shape index (κ3) is 3.54. The average molecular weight is 322 g/mol. The maximum atomic E-state index is 7.64. The van der Waals surface area contributed by atoms with E-state index in [1.165, 1.54) is 35.2 Å². The molecule has 0 saturated carbocycles. The van der Waals surface area contributed by atoms with E-state index in [1.807, 2.05) is 0 Å². The Morgan fingerprint density at radius 3 is 2.88 bits per heavy atom. The van der Waals surface area contributed by atoms with Gasteiger partial charge in [-0.3, -0.25) is 0 Å². The molecule has 0 aromatic heterocycles. The zero-order chi connectivity index (χ0) is 17.1. The van der Waals surface area contributed by atoms with Crippen LogP contribution < -0.4 is 0 Å². The van der Waals surface area contributed by atoms with Crippen LogP contribution in [0.3, 0.4) is 0 Å². The molecule has 0 bridgehead atoms. The Labute approximate surface area is 146 Å². The van der Waals surface area contributed by atoms with E-state index >= 15 is 0 Å². The van der Waals surface area contributed by atoms with Gasteiger partial charge in [0.25, 0.3) is 0 Å². The van der Waals surface area contributed by atoms with E-state index in [0.717, 1.165) is 32.2 Å². The predicted molar refractivity (Wildman–Crippen MR) is 104 cm³/mol. The molecule has 1 aliphatic carbocycles. The largest absolute Gasteiger partial charge is 0.312 e. The highest BCUT2D eigenvalue weighted by Gasteiger charge is 2.19. The molecule has 1 heterocycles. The van der Waals surface area contributed by atoms with Gasteiger partial charge in [-0.1, -0.05) is 42.3 Å². The highest BCUT2D eigenvalue weighted by atomic mass is 15.1. The molecular formula is C22H30N2. The lowest BCUT2D eigenvalue weighted by atomic mass is 9.83. The van der Waals surface area contributed by atoms with E-state index in [0.29, 0.717) is 0 Å². The summed E-state index contributed by atoms with van der Waals surface area (Å²) >= 11 is 0. The minimum absolute atomic E-state index is 0.265. The number of nitrogens with one attached hydrogen (secondary N) is 1. The van der Waals surface area contributed by atoms with E-state index in [1.54, 1.807) is 17.4 Å². The van der Waals surface area contributed by atoms with Crippen molar-refractivity contribution >= 4 is 11.8 Å². The molecular weight excluding hydrogens is 292 g/mol. The molecule has 0 amide bonds. The Bertz CT molecular complexity index is 681. The van der Waals surface area contributed by atoms with E-state index in [-0.39, 0.29) is 5.92 Å². The molecule has 0 fully saturated rings. The molecule has 128 valence electrons. The summed E-state index contributed by atoms with van der Waals surface area (Å²) < 4.78 is 0.